The van der Waals surface area contributed by atoms with E-state index in [4.69, 9.17) is 33.4 Å². The topological polar surface area (TPSA) is 81.2 Å². The fourth-order valence-electron chi connectivity index (χ4n) is 3.97. The van der Waals surface area contributed by atoms with E-state index in [0.29, 0.717) is 45.9 Å². The molecule has 0 saturated heterocycles. The summed E-state index contributed by atoms with van der Waals surface area (Å²) in [5.41, 5.74) is 4.66. The number of nitrogens with zero attached hydrogens (tertiary/aromatic N) is 2. The first-order valence-corrected chi connectivity index (χ1v) is 11.1. The van der Waals surface area contributed by atoms with Crippen molar-refractivity contribution in [2.75, 3.05) is 42.7 Å². The molecule has 0 radical (unpaired) electrons. The van der Waals surface area contributed by atoms with E-state index >= 15 is 0 Å². The third-order valence-corrected chi connectivity index (χ3v) is 5.71. The van der Waals surface area contributed by atoms with Gasteiger partial charge in [0.05, 0.1) is 59.7 Å². The molecule has 8 heteroatoms. The summed E-state index contributed by atoms with van der Waals surface area (Å²) in [6.45, 7) is 0. The molecule has 0 unspecified atom stereocenters. The van der Waals surface area contributed by atoms with E-state index in [1.54, 1.807) is 48.9 Å². The van der Waals surface area contributed by atoms with Crippen molar-refractivity contribution < 1.29 is 28.4 Å². The van der Waals surface area contributed by atoms with Gasteiger partial charge < -0.3 is 28.4 Å². The minimum atomic E-state index is 0.509. The van der Waals surface area contributed by atoms with Crippen molar-refractivity contribution in [1.82, 2.24) is 9.97 Å². The highest BCUT2D eigenvalue weighted by atomic mass is 16.5. The van der Waals surface area contributed by atoms with Gasteiger partial charge in [-0.25, -0.2) is 4.98 Å². The molecule has 0 aliphatic rings. The lowest BCUT2D eigenvalue weighted by Crippen LogP contribution is -1.98. The van der Waals surface area contributed by atoms with Gasteiger partial charge in [0.1, 0.15) is 0 Å². The standard InChI is InChI=1S/C28H28N2O6/c1-31-23-13-18(14-24(32-2)27(23)35-5)17-11-21(30-22(12-17)20-9-7-8-10-29-20)19-15-25(33-3)28(36-6)26(16-19)34-4/h7-16H,1-6H3. The summed E-state index contributed by atoms with van der Waals surface area (Å²) in [6.07, 6.45) is 1.74. The molecule has 2 aromatic carbocycles. The molecule has 0 fully saturated rings. The predicted octanol–water partition coefficient (Wildman–Crippen LogP) is 5.53. The second-order valence-corrected chi connectivity index (χ2v) is 7.67. The van der Waals surface area contributed by atoms with Crippen LogP contribution in [0.2, 0.25) is 0 Å². The first-order valence-electron chi connectivity index (χ1n) is 11.1. The molecule has 186 valence electrons. The molecule has 0 atom stereocenters. The first-order chi connectivity index (χ1) is 17.6. The Hall–Kier alpha value is -4.46. The average Bonchev–Trinajstić information content (AvgIpc) is 2.95. The van der Waals surface area contributed by atoms with Gasteiger partial charge in [-0.15, -0.1) is 0 Å². The van der Waals surface area contributed by atoms with Gasteiger partial charge in [0.15, 0.2) is 23.0 Å². The minimum absolute atomic E-state index is 0.509. The second kappa shape index (κ2) is 10.9. The zero-order valence-electron chi connectivity index (χ0n) is 21.1. The van der Waals surface area contributed by atoms with Crippen molar-refractivity contribution in [2.24, 2.45) is 0 Å². The maximum absolute atomic E-state index is 5.58. The van der Waals surface area contributed by atoms with E-state index in [0.717, 1.165) is 22.4 Å². The number of rotatable bonds is 9. The molecular weight excluding hydrogens is 460 g/mol. The third-order valence-electron chi connectivity index (χ3n) is 5.71. The molecule has 0 bridgehead atoms. The molecule has 0 saturated carbocycles. The van der Waals surface area contributed by atoms with Gasteiger partial charge in [-0.05, 0) is 59.7 Å². The molecule has 4 aromatic rings. The van der Waals surface area contributed by atoms with Gasteiger partial charge in [-0.1, -0.05) is 6.07 Å². The number of methoxy groups -OCH3 is 6. The smallest absolute Gasteiger partial charge is 0.203 e. The fraction of sp³-hybridized carbons (Fsp3) is 0.214. The highest BCUT2D eigenvalue weighted by Crippen LogP contribution is 2.44. The number of aromatic nitrogens is 2. The van der Waals surface area contributed by atoms with E-state index < -0.39 is 0 Å². The number of hydrogen-bond acceptors (Lipinski definition) is 8. The maximum atomic E-state index is 5.58. The Labute approximate surface area is 210 Å². The maximum Gasteiger partial charge on any atom is 0.203 e. The van der Waals surface area contributed by atoms with Crippen molar-refractivity contribution in [3.8, 4) is 68.3 Å². The highest BCUT2D eigenvalue weighted by molar-refractivity contribution is 5.79. The SMILES string of the molecule is COc1cc(-c2cc(-c3cc(OC)c(OC)c(OC)c3)nc(-c3ccccn3)c2)cc(OC)c1OC. The Morgan fingerprint density at radius 3 is 1.39 bits per heavy atom. The minimum Gasteiger partial charge on any atom is -0.493 e. The van der Waals surface area contributed by atoms with Gasteiger partial charge in [0, 0.05) is 11.8 Å². The van der Waals surface area contributed by atoms with Crippen LogP contribution >= 0.6 is 0 Å². The van der Waals surface area contributed by atoms with Crippen LogP contribution in [-0.2, 0) is 0 Å². The Morgan fingerprint density at radius 1 is 0.472 bits per heavy atom. The van der Waals surface area contributed by atoms with E-state index in [2.05, 4.69) is 4.98 Å². The van der Waals surface area contributed by atoms with E-state index in [1.807, 2.05) is 54.6 Å². The van der Waals surface area contributed by atoms with Gasteiger partial charge in [-0.2, -0.15) is 0 Å². The van der Waals surface area contributed by atoms with E-state index in [-0.39, 0.29) is 0 Å². The lowest BCUT2D eigenvalue weighted by molar-refractivity contribution is 0.324. The normalized spacial score (nSPS) is 10.5. The largest absolute Gasteiger partial charge is 0.493 e. The zero-order valence-corrected chi connectivity index (χ0v) is 21.1. The molecule has 0 spiro atoms. The van der Waals surface area contributed by atoms with E-state index in [9.17, 15) is 0 Å². The van der Waals surface area contributed by atoms with Crippen molar-refractivity contribution >= 4 is 0 Å². The lowest BCUT2D eigenvalue weighted by Gasteiger charge is -2.16. The second-order valence-electron chi connectivity index (χ2n) is 7.67. The van der Waals surface area contributed by atoms with Crippen molar-refractivity contribution in [2.45, 2.75) is 0 Å². The summed E-state index contributed by atoms with van der Waals surface area (Å²) in [4.78, 5) is 9.43. The summed E-state index contributed by atoms with van der Waals surface area (Å²) >= 11 is 0. The van der Waals surface area contributed by atoms with E-state index in [1.165, 1.54) is 0 Å². The monoisotopic (exact) mass is 488 g/mol. The van der Waals surface area contributed by atoms with Gasteiger partial charge in [-0.3, -0.25) is 4.98 Å². The predicted molar refractivity (Wildman–Crippen MR) is 138 cm³/mol. The quantitative estimate of drug-likeness (QED) is 0.304. The van der Waals surface area contributed by atoms with Crippen LogP contribution in [0.5, 0.6) is 34.5 Å². The van der Waals surface area contributed by atoms with Crippen LogP contribution in [0.4, 0.5) is 0 Å². The molecule has 4 rings (SSSR count). The summed E-state index contributed by atoms with van der Waals surface area (Å²) in [5, 5.41) is 0. The van der Waals surface area contributed by atoms with Crippen molar-refractivity contribution in [3.63, 3.8) is 0 Å². The summed E-state index contributed by atoms with van der Waals surface area (Å²) < 4.78 is 33.3. The Morgan fingerprint density at radius 2 is 0.944 bits per heavy atom. The highest BCUT2D eigenvalue weighted by Gasteiger charge is 2.19. The van der Waals surface area contributed by atoms with Crippen LogP contribution in [0.1, 0.15) is 0 Å². The van der Waals surface area contributed by atoms with Crippen LogP contribution in [0.25, 0.3) is 33.8 Å². The zero-order chi connectivity index (χ0) is 25.7. The molecule has 2 heterocycles. The molecular formula is C28H28N2O6. The first kappa shape index (κ1) is 24.7. The van der Waals surface area contributed by atoms with Gasteiger partial charge >= 0.3 is 0 Å². The van der Waals surface area contributed by atoms with Crippen LogP contribution in [0.15, 0.2) is 60.8 Å². The summed E-state index contributed by atoms with van der Waals surface area (Å²) in [7, 11) is 9.50. The van der Waals surface area contributed by atoms with Gasteiger partial charge in [0.2, 0.25) is 11.5 Å². The Bertz CT molecular complexity index is 1230. The lowest BCUT2D eigenvalue weighted by atomic mass is 10.00. The molecule has 0 N–H and O–H groups in total. The summed E-state index contributed by atoms with van der Waals surface area (Å²) in [6, 6.07) is 17.2. The number of ether oxygens (including phenoxy) is 6. The number of pyridine rings is 2. The molecule has 36 heavy (non-hydrogen) atoms. The van der Waals surface area contributed by atoms with Crippen LogP contribution < -0.4 is 28.4 Å². The molecule has 0 amide bonds. The Balaban J connectivity index is 1.98. The Kier molecular flexibility index (Phi) is 7.44. The molecule has 2 aromatic heterocycles. The third kappa shape index (κ3) is 4.70. The van der Waals surface area contributed by atoms with Crippen molar-refractivity contribution in [3.05, 3.63) is 60.8 Å². The van der Waals surface area contributed by atoms with Crippen LogP contribution in [0, 0.1) is 0 Å². The van der Waals surface area contributed by atoms with Crippen molar-refractivity contribution in [1.29, 1.82) is 0 Å². The van der Waals surface area contributed by atoms with Gasteiger partial charge in [0.25, 0.3) is 0 Å². The molecule has 8 nitrogen and oxygen atoms in total. The summed E-state index contributed by atoms with van der Waals surface area (Å²) in [5.74, 6) is 3.20. The van der Waals surface area contributed by atoms with Crippen LogP contribution in [0.3, 0.4) is 0 Å². The fourth-order valence-corrected chi connectivity index (χ4v) is 3.97. The molecule has 0 aliphatic heterocycles. The average molecular weight is 489 g/mol. The van der Waals surface area contributed by atoms with Crippen LogP contribution in [-0.4, -0.2) is 52.6 Å². The number of hydrogen-bond donors (Lipinski definition) is 0. The molecule has 0 aliphatic carbocycles. The number of benzene rings is 2.